The van der Waals surface area contributed by atoms with Gasteiger partial charge >= 0.3 is 0 Å². The summed E-state index contributed by atoms with van der Waals surface area (Å²) in [7, 11) is 2.03. The van der Waals surface area contributed by atoms with Crippen LogP contribution >= 0.6 is 0 Å². The highest BCUT2D eigenvalue weighted by Gasteiger charge is 2.05. The molecule has 0 aliphatic heterocycles. The molecule has 0 atom stereocenters. The average molecular weight is 256 g/mol. The number of hydrogen-bond acceptors (Lipinski definition) is 4. The number of rotatable bonds is 5. The fraction of sp³-hybridized carbons (Fsp3) is 0.333. The maximum atomic E-state index is 4.53. The van der Waals surface area contributed by atoms with Gasteiger partial charge < -0.3 is 10.2 Å². The minimum absolute atomic E-state index is 0.816. The fourth-order valence-corrected chi connectivity index (χ4v) is 1.97. The summed E-state index contributed by atoms with van der Waals surface area (Å²) in [4.78, 5) is 10.8. The van der Waals surface area contributed by atoms with Crippen LogP contribution in [0.3, 0.4) is 0 Å². The maximum Gasteiger partial charge on any atom is 0.149 e. The highest BCUT2D eigenvalue weighted by atomic mass is 15.2. The van der Waals surface area contributed by atoms with Crippen molar-refractivity contribution in [1.29, 1.82) is 0 Å². The molecule has 0 radical (unpaired) electrons. The summed E-state index contributed by atoms with van der Waals surface area (Å²) in [5, 5.41) is 3.18. The van der Waals surface area contributed by atoms with Crippen molar-refractivity contribution in [3.8, 4) is 0 Å². The summed E-state index contributed by atoms with van der Waals surface area (Å²) in [6.07, 6.45) is 3.53. The van der Waals surface area contributed by atoms with Crippen LogP contribution in [0.5, 0.6) is 0 Å². The number of aryl methyl sites for hydroxylation is 1. The van der Waals surface area contributed by atoms with Gasteiger partial charge in [-0.15, -0.1) is 0 Å². The molecule has 0 fully saturated rings. The van der Waals surface area contributed by atoms with Crippen LogP contribution in [0.25, 0.3) is 0 Å². The van der Waals surface area contributed by atoms with Gasteiger partial charge in [0.1, 0.15) is 11.6 Å². The second-order valence-corrected chi connectivity index (χ2v) is 4.64. The summed E-state index contributed by atoms with van der Waals surface area (Å²) in [6, 6.07) is 8.51. The van der Waals surface area contributed by atoms with Gasteiger partial charge in [-0.3, -0.25) is 4.98 Å². The minimum atomic E-state index is 0.816. The first-order valence-electron chi connectivity index (χ1n) is 6.51. The molecule has 4 heteroatoms. The molecule has 0 amide bonds. The van der Waals surface area contributed by atoms with Crippen molar-refractivity contribution < 1.29 is 0 Å². The first kappa shape index (κ1) is 13.3. The van der Waals surface area contributed by atoms with Gasteiger partial charge in [0.25, 0.3) is 0 Å². The van der Waals surface area contributed by atoms with E-state index in [2.05, 4.69) is 51.4 Å². The van der Waals surface area contributed by atoms with Gasteiger partial charge in [-0.05, 0) is 19.4 Å². The quantitative estimate of drug-likeness (QED) is 0.893. The third kappa shape index (κ3) is 3.68. The Morgan fingerprint density at radius 1 is 1.26 bits per heavy atom. The first-order valence-corrected chi connectivity index (χ1v) is 6.51. The molecule has 1 aromatic heterocycles. The zero-order valence-corrected chi connectivity index (χ0v) is 11.7. The van der Waals surface area contributed by atoms with Crippen molar-refractivity contribution in [2.45, 2.75) is 20.4 Å². The molecule has 19 heavy (non-hydrogen) atoms. The second kappa shape index (κ2) is 6.18. The van der Waals surface area contributed by atoms with Crippen LogP contribution in [0.1, 0.15) is 18.1 Å². The van der Waals surface area contributed by atoms with Crippen molar-refractivity contribution in [2.24, 2.45) is 0 Å². The Bertz CT molecular complexity index is 539. The van der Waals surface area contributed by atoms with E-state index in [1.807, 2.05) is 14.0 Å². The van der Waals surface area contributed by atoms with Crippen LogP contribution in [-0.4, -0.2) is 23.6 Å². The van der Waals surface area contributed by atoms with Crippen LogP contribution in [0, 0.1) is 6.92 Å². The van der Waals surface area contributed by atoms with E-state index in [4.69, 9.17) is 0 Å². The molecule has 2 rings (SSSR count). The Morgan fingerprint density at radius 2 is 2.11 bits per heavy atom. The molecule has 0 spiro atoms. The van der Waals surface area contributed by atoms with Crippen molar-refractivity contribution >= 4 is 11.6 Å². The zero-order chi connectivity index (χ0) is 13.7. The van der Waals surface area contributed by atoms with E-state index >= 15 is 0 Å². The highest BCUT2D eigenvalue weighted by molar-refractivity contribution is 5.43. The number of aromatic nitrogens is 2. The lowest BCUT2D eigenvalue weighted by molar-refractivity contribution is 0.888. The van der Waals surface area contributed by atoms with E-state index < -0.39 is 0 Å². The fourth-order valence-electron chi connectivity index (χ4n) is 1.97. The van der Waals surface area contributed by atoms with Gasteiger partial charge in [0, 0.05) is 20.1 Å². The Labute approximate surface area is 114 Å². The van der Waals surface area contributed by atoms with Gasteiger partial charge in [0.2, 0.25) is 0 Å². The molecule has 1 aromatic carbocycles. The van der Waals surface area contributed by atoms with Gasteiger partial charge in [-0.2, -0.15) is 0 Å². The monoisotopic (exact) mass is 256 g/mol. The van der Waals surface area contributed by atoms with Crippen LogP contribution < -0.4 is 10.2 Å². The van der Waals surface area contributed by atoms with Gasteiger partial charge in [0.15, 0.2) is 0 Å². The number of benzene rings is 1. The molecule has 0 bridgehead atoms. The van der Waals surface area contributed by atoms with E-state index in [-0.39, 0.29) is 0 Å². The van der Waals surface area contributed by atoms with E-state index in [0.717, 1.165) is 24.7 Å². The Morgan fingerprint density at radius 3 is 2.84 bits per heavy atom. The molecule has 0 saturated heterocycles. The van der Waals surface area contributed by atoms with E-state index in [1.54, 1.807) is 12.4 Å². The van der Waals surface area contributed by atoms with Gasteiger partial charge in [0.05, 0.1) is 12.4 Å². The smallest absolute Gasteiger partial charge is 0.149 e. The number of nitrogens with zero attached hydrogens (tertiary/aromatic N) is 3. The molecule has 100 valence electrons. The van der Waals surface area contributed by atoms with Crippen LogP contribution in [-0.2, 0) is 6.54 Å². The minimum Gasteiger partial charge on any atom is -0.369 e. The van der Waals surface area contributed by atoms with Gasteiger partial charge in [-0.1, -0.05) is 29.8 Å². The molecule has 0 unspecified atom stereocenters. The lowest BCUT2D eigenvalue weighted by atomic mass is 10.1. The van der Waals surface area contributed by atoms with E-state index in [9.17, 15) is 0 Å². The average Bonchev–Trinajstić information content (AvgIpc) is 2.39. The predicted molar refractivity (Wildman–Crippen MR) is 79.5 cm³/mol. The molecule has 0 aliphatic rings. The predicted octanol–water partition coefficient (Wildman–Crippen LogP) is 2.85. The Balaban J connectivity index is 2.11. The third-order valence-electron chi connectivity index (χ3n) is 2.87. The van der Waals surface area contributed by atoms with Crippen molar-refractivity contribution in [2.75, 3.05) is 23.8 Å². The molecule has 0 aliphatic carbocycles. The maximum absolute atomic E-state index is 4.53. The normalized spacial score (nSPS) is 10.3. The van der Waals surface area contributed by atoms with Crippen LogP contribution in [0.4, 0.5) is 11.6 Å². The summed E-state index contributed by atoms with van der Waals surface area (Å²) < 4.78 is 0. The van der Waals surface area contributed by atoms with E-state index in [1.165, 1.54) is 11.1 Å². The zero-order valence-electron chi connectivity index (χ0n) is 11.7. The molecular weight excluding hydrogens is 236 g/mol. The van der Waals surface area contributed by atoms with Crippen LogP contribution in [0.2, 0.25) is 0 Å². The number of hydrogen-bond donors (Lipinski definition) is 1. The number of anilines is 2. The standard InChI is InChI=1S/C15H20N4/c1-4-17-14-9-16-10-15(18-14)19(3)11-13-7-5-6-12(2)8-13/h5-10H,4,11H2,1-3H3,(H,17,18). The first-order chi connectivity index (χ1) is 9.19. The Hall–Kier alpha value is -2.10. The molecule has 1 heterocycles. The van der Waals surface area contributed by atoms with Crippen molar-refractivity contribution in [3.05, 3.63) is 47.8 Å². The lowest BCUT2D eigenvalue weighted by Crippen LogP contribution is -2.18. The SMILES string of the molecule is CCNc1cncc(N(C)Cc2cccc(C)c2)n1. The molecule has 2 aromatic rings. The highest BCUT2D eigenvalue weighted by Crippen LogP contribution is 2.14. The summed E-state index contributed by atoms with van der Waals surface area (Å²) >= 11 is 0. The molecular formula is C15H20N4. The molecule has 0 saturated carbocycles. The van der Waals surface area contributed by atoms with Crippen molar-refractivity contribution in [1.82, 2.24) is 9.97 Å². The van der Waals surface area contributed by atoms with Gasteiger partial charge in [-0.25, -0.2) is 4.98 Å². The molecule has 4 nitrogen and oxygen atoms in total. The Kier molecular flexibility index (Phi) is 4.34. The summed E-state index contributed by atoms with van der Waals surface area (Å²) in [5.41, 5.74) is 2.55. The summed E-state index contributed by atoms with van der Waals surface area (Å²) in [6.45, 7) is 5.82. The topological polar surface area (TPSA) is 41.1 Å². The largest absolute Gasteiger partial charge is 0.369 e. The third-order valence-corrected chi connectivity index (χ3v) is 2.87. The second-order valence-electron chi connectivity index (χ2n) is 4.64. The molecule has 1 N–H and O–H groups in total. The van der Waals surface area contributed by atoms with Crippen LogP contribution in [0.15, 0.2) is 36.7 Å². The van der Waals surface area contributed by atoms with Crippen molar-refractivity contribution in [3.63, 3.8) is 0 Å². The van der Waals surface area contributed by atoms with E-state index in [0.29, 0.717) is 0 Å². The summed E-state index contributed by atoms with van der Waals surface area (Å²) in [5.74, 6) is 1.69. The number of nitrogens with one attached hydrogen (secondary N) is 1. The lowest BCUT2D eigenvalue weighted by Gasteiger charge is -2.18.